The van der Waals surface area contributed by atoms with E-state index in [9.17, 15) is 8.42 Å². The maximum Gasteiger partial charge on any atom is 0.219 e. The van der Waals surface area contributed by atoms with Crippen LogP contribution in [0.3, 0.4) is 0 Å². The number of aliphatic imine (C=N–C) groups is 1. The molecular formula is C22H33IN4O4S. The number of sulfone groups is 1. The van der Waals surface area contributed by atoms with E-state index in [2.05, 4.69) is 20.6 Å². The number of pyridine rings is 1. The van der Waals surface area contributed by atoms with Crippen molar-refractivity contribution >= 4 is 39.8 Å². The number of para-hydroxylation sites is 2. The Bertz CT molecular complexity index is 953. The Morgan fingerprint density at radius 3 is 2.47 bits per heavy atom. The van der Waals surface area contributed by atoms with Crippen LogP contribution in [0.25, 0.3) is 0 Å². The van der Waals surface area contributed by atoms with Crippen LogP contribution in [0.4, 0.5) is 0 Å². The fraction of sp³-hybridized carbons (Fsp3) is 0.455. The molecule has 0 saturated heterocycles. The molecule has 2 rings (SSSR count). The van der Waals surface area contributed by atoms with Crippen molar-refractivity contribution in [2.45, 2.75) is 39.8 Å². The van der Waals surface area contributed by atoms with E-state index in [1.165, 1.54) is 6.26 Å². The van der Waals surface area contributed by atoms with Crippen molar-refractivity contribution in [3.05, 3.63) is 48.2 Å². The van der Waals surface area contributed by atoms with E-state index in [1.54, 1.807) is 12.3 Å². The zero-order valence-electron chi connectivity index (χ0n) is 19.0. The van der Waals surface area contributed by atoms with Crippen LogP contribution in [0, 0.1) is 0 Å². The molecule has 0 amide bonds. The first-order valence-electron chi connectivity index (χ1n) is 10.4. The van der Waals surface area contributed by atoms with Gasteiger partial charge in [0, 0.05) is 31.1 Å². The van der Waals surface area contributed by atoms with Crippen LogP contribution in [0.15, 0.2) is 47.6 Å². The van der Waals surface area contributed by atoms with Crippen molar-refractivity contribution in [2.24, 2.45) is 4.99 Å². The molecule has 8 nitrogen and oxygen atoms in total. The van der Waals surface area contributed by atoms with E-state index in [4.69, 9.17) is 9.47 Å². The predicted octanol–water partition coefficient (Wildman–Crippen LogP) is 3.77. The summed E-state index contributed by atoms with van der Waals surface area (Å²) in [4.78, 5) is 8.93. The zero-order valence-corrected chi connectivity index (χ0v) is 22.1. The van der Waals surface area contributed by atoms with Crippen molar-refractivity contribution in [2.75, 3.05) is 25.2 Å². The van der Waals surface area contributed by atoms with Gasteiger partial charge in [-0.2, -0.15) is 0 Å². The van der Waals surface area contributed by atoms with Gasteiger partial charge in [-0.05, 0) is 44.9 Å². The fourth-order valence-corrected chi connectivity index (χ4v) is 3.46. The van der Waals surface area contributed by atoms with Crippen LogP contribution >= 0.6 is 24.0 Å². The first-order valence-corrected chi connectivity index (χ1v) is 12.4. The molecule has 0 saturated carbocycles. The van der Waals surface area contributed by atoms with Crippen LogP contribution in [-0.4, -0.2) is 50.6 Å². The number of hydrogen-bond acceptors (Lipinski definition) is 6. The predicted molar refractivity (Wildman–Crippen MR) is 139 cm³/mol. The van der Waals surface area contributed by atoms with E-state index < -0.39 is 9.84 Å². The molecule has 1 unspecified atom stereocenters. The maximum atomic E-state index is 11.4. The van der Waals surface area contributed by atoms with E-state index >= 15 is 0 Å². The molecular weight excluding hydrogens is 543 g/mol. The molecule has 0 aliphatic rings. The van der Waals surface area contributed by atoms with E-state index in [0.717, 1.165) is 5.56 Å². The molecule has 2 N–H and O–H groups in total. The van der Waals surface area contributed by atoms with Gasteiger partial charge in [0.1, 0.15) is 9.84 Å². The Labute approximate surface area is 208 Å². The van der Waals surface area contributed by atoms with Gasteiger partial charge < -0.3 is 20.1 Å². The number of rotatable bonds is 11. The maximum absolute atomic E-state index is 11.4. The molecule has 10 heteroatoms. The average Bonchev–Trinajstić information content (AvgIpc) is 2.73. The van der Waals surface area contributed by atoms with Gasteiger partial charge in [-0.15, -0.1) is 24.0 Å². The Balaban J connectivity index is 0.00000512. The molecule has 2 aromatic rings. The van der Waals surface area contributed by atoms with Crippen molar-refractivity contribution in [3.63, 3.8) is 0 Å². The molecule has 0 bridgehead atoms. The van der Waals surface area contributed by atoms with Gasteiger partial charge in [0.05, 0.1) is 18.9 Å². The van der Waals surface area contributed by atoms with Gasteiger partial charge in [0.15, 0.2) is 17.5 Å². The monoisotopic (exact) mass is 576 g/mol. The summed E-state index contributed by atoms with van der Waals surface area (Å²) in [6, 6.07) is 11.1. The number of aromatic nitrogens is 1. The highest BCUT2D eigenvalue weighted by molar-refractivity contribution is 14.0. The lowest BCUT2D eigenvalue weighted by molar-refractivity contribution is 0.319. The van der Waals surface area contributed by atoms with Crippen molar-refractivity contribution in [3.8, 4) is 17.4 Å². The van der Waals surface area contributed by atoms with E-state index in [0.29, 0.717) is 49.5 Å². The number of ether oxygens (including phenoxy) is 2. The Hall–Kier alpha value is -2.08. The normalized spacial score (nSPS) is 12.4. The van der Waals surface area contributed by atoms with Crippen LogP contribution in [0.1, 0.15) is 32.8 Å². The molecule has 1 aromatic heterocycles. The van der Waals surface area contributed by atoms with Crippen molar-refractivity contribution in [1.29, 1.82) is 0 Å². The number of guanidine groups is 1. The van der Waals surface area contributed by atoms with Crippen molar-refractivity contribution in [1.82, 2.24) is 15.6 Å². The smallest absolute Gasteiger partial charge is 0.219 e. The minimum Gasteiger partial charge on any atom is -0.490 e. The lowest BCUT2D eigenvalue weighted by Gasteiger charge is -2.17. The molecule has 0 aliphatic heterocycles. The molecule has 0 spiro atoms. The Kier molecular flexibility index (Phi) is 12.4. The van der Waals surface area contributed by atoms with Crippen LogP contribution < -0.4 is 20.1 Å². The molecule has 0 aliphatic carbocycles. The first-order chi connectivity index (χ1) is 14.8. The van der Waals surface area contributed by atoms with E-state index in [-0.39, 0.29) is 35.8 Å². The Morgan fingerprint density at radius 2 is 1.88 bits per heavy atom. The van der Waals surface area contributed by atoms with Gasteiger partial charge in [-0.3, -0.25) is 0 Å². The number of benzene rings is 1. The average molecular weight is 577 g/mol. The molecule has 0 fully saturated rings. The summed E-state index contributed by atoms with van der Waals surface area (Å²) in [6.07, 6.45) is 3.48. The summed E-state index contributed by atoms with van der Waals surface area (Å²) in [5.74, 6) is 2.53. The Morgan fingerprint density at radius 1 is 1.16 bits per heavy atom. The van der Waals surface area contributed by atoms with Crippen LogP contribution in [0.2, 0.25) is 0 Å². The minimum atomic E-state index is -2.98. The molecule has 1 atom stereocenters. The highest BCUT2D eigenvalue weighted by Crippen LogP contribution is 2.30. The van der Waals surface area contributed by atoms with Gasteiger partial charge in [0.25, 0.3) is 0 Å². The first kappa shape index (κ1) is 28.0. The molecule has 178 valence electrons. The van der Waals surface area contributed by atoms with Gasteiger partial charge in [-0.25, -0.2) is 18.4 Å². The molecule has 1 aromatic carbocycles. The number of nitrogens with one attached hydrogen (secondary N) is 2. The lowest BCUT2D eigenvalue weighted by Crippen LogP contribution is -2.42. The highest BCUT2D eigenvalue weighted by atomic mass is 127. The summed E-state index contributed by atoms with van der Waals surface area (Å²) in [5, 5.41) is 6.41. The highest BCUT2D eigenvalue weighted by Gasteiger charge is 2.10. The second kappa shape index (κ2) is 14.1. The lowest BCUT2D eigenvalue weighted by atomic mass is 10.2. The zero-order chi connectivity index (χ0) is 22.7. The topological polar surface area (TPSA) is 102 Å². The van der Waals surface area contributed by atoms with Gasteiger partial charge in [0.2, 0.25) is 5.88 Å². The number of halogens is 1. The van der Waals surface area contributed by atoms with Crippen LogP contribution in [-0.2, 0) is 16.4 Å². The minimum absolute atomic E-state index is 0. The second-order valence-electron chi connectivity index (χ2n) is 7.15. The summed E-state index contributed by atoms with van der Waals surface area (Å²) in [5.41, 5.74) is 0.923. The quantitative estimate of drug-likeness (QED) is 0.239. The number of hydrogen-bond donors (Lipinski definition) is 2. The summed E-state index contributed by atoms with van der Waals surface area (Å²) in [6.45, 7) is 7.52. The van der Waals surface area contributed by atoms with E-state index in [1.807, 2.05) is 51.1 Å². The SMILES string of the molecule is CCNC(=NCc1ccc(Oc2ccccc2OCC)nc1)NC(C)CCS(C)(=O)=O.I. The molecule has 1 heterocycles. The third-order valence-electron chi connectivity index (χ3n) is 4.23. The number of nitrogens with zero attached hydrogens (tertiary/aromatic N) is 2. The molecule has 0 radical (unpaired) electrons. The second-order valence-corrected chi connectivity index (χ2v) is 9.41. The summed E-state index contributed by atoms with van der Waals surface area (Å²) in [7, 11) is -2.98. The van der Waals surface area contributed by atoms with Gasteiger partial charge >= 0.3 is 0 Å². The van der Waals surface area contributed by atoms with Crippen LogP contribution in [0.5, 0.6) is 17.4 Å². The largest absolute Gasteiger partial charge is 0.490 e. The molecule has 32 heavy (non-hydrogen) atoms. The van der Waals surface area contributed by atoms with Gasteiger partial charge in [-0.1, -0.05) is 18.2 Å². The summed E-state index contributed by atoms with van der Waals surface area (Å²) >= 11 is 0. The third-order valence-corrected chi connectivity index (χ3v) is 5.21. The summed E-state index contributed by atoms with van der Waals surface area (Å²) < 4.78 is 34.1. The third kappa shape index (κ3) is 10.5. The van der Waals surface area contributed by atoms with Crippen molar-refractivity contribution < 1.29 is 17.9 Å². The standard InChI is InChI=1S/C22H32N4O4S.HI/c1-5-23-22(26-17(3)13-14-31(4,27)28)25-16-18-11-12-21(24-15-18)30-20-10-8-7-9-19(20)29-6-2;/h7-12,15,17H,5-6,13-14,16H2,1-4H3,(H2,23,25,26);1H. The fourth-order valence-electron chi connectivity index (χ4n) is 2.67.